The van der Waals surface area contributed by atoms with Crippen LogP contribution in [0.4, 0.5) is 0 Å². The Morgan fingerprint density at radius 3 is 1.80 bits per heavy atom. The topological polar surface area (TPSA) is 208 Å². The average Bonchev–Trinajstić information content (AvgIpc) is 2.62. The highest BCUT2D eigenvalue weighted by Crippen LogP contribution is 2.07. The van der Waals surface area contributed by atoms with Crippen LogP contribution in [0.15, 0.2) is 0 Å². The standard InChI is InChI=1S/C18H32N4O8/c1-8(2)7-12(22-17(28)14(19)10(4)23)16(27)20-9(3)15(26)21-11(18(29)30)5-6-13(24)25/h8-12,14,23H,5-7,19H2,1-4H3,(H,20,27)(H,21,26)(H,22,28)(H,24,25)(H,29,30)/t9-,10+,11-,12-,14-/m0/s1. The molecule has 0 radical (unpaired) electrons. The molecule has 3 amide bonds. The largest absolute Gasteiger partial charge is 0.481 e. The summed E-state index contributed by atoms with van der Waals surface area (Å²) in [6.07, 6.45) is -1.67. The molecule has 0 aliphatic rings. The second-order valence-electron chi connectivity index (χ2n) is 7.52. The molecule has 0 aromatic heterocycles. The van der Waals surface area contributed by atoms with Crippen molar-refractivity contribution in [1.29, 1.82) is 0 Å². The van der Waals surface area contributed by atoms with Crippen LogP contribution in [0.3, 0.4) is 0 Å². The number of nitrogens with two attached hydrogens (primary N) is 1. The Hall–Kier alpha value is -2.73. The molecule has 0 spiro atoms. The third-order valence-electron chi connectivity index (χ3n) is 4.18. The van der Waals surface area contributed by atoms with Gasteiger partial charge in [0, 0.05) is 6.42 Å². The zero-order valence-electron chi connectivity index (χ0n) is 17.5. The van der Waals surface area contributed by atoms with E-state index < -0.39 is 66.4 Å². The van der Waals surface area contributed by atoms with Gasteiger partial charge in [-0.15, -0.1) is 0 Å². The summed E-state index contributed by atoms with van der Waals surface area (Å²) in [5, 5.41) is 34.2. The Labute approximate surface area is 174 Å². The quantitative estimate of drug-likeness (QED) is 0.174. The average molecular weight is 432 g/mol. The summed E-state index contributed by atoms with van der Waals surface area (Å²) in [7, 11) is 0. The smallest absolute Gasteiger partial charge is 0.326 e. The van der Waals surface area contributed by atoms with Crippen molar-refractivity contribution in [3.05, 3.63) is 0 Å². The SMILES string of the molecule is CC(C)C[C@H](NC(=O)[C@@H](N)[C@@H](C)O)C(=O)N[C@@H](C)C(=O)N[C@@H](CCC(=O)O)C(=O)O. The second-order valence-corrected chi connectivity index (χ2v) is 7.52. The summed E-state index contributed by atoms with van der Waals surface area (Å²) >= 11 is 0. The molecule has 0 aliphatic carbocycles. The molecule has 0 saturated heterocycles. The van der Waals surface area contributed by atoms with Crippen molar-refractivity contribution in [2.24, 2.45) is 11.7 Å². The first-order valence-corrected chi connectivity index (χ1v) is 9.55. The number of carbonyl (C=O) groups excluding carboxylic acids is 3. The van der Waals surface area contributed by atoms with E-state index in [9.17, 15) is 29.1 Å². The van der Waals surface area contributed by atoms with Gasteiger partial charge in [0.05, 0.1) is 6.10 Å². The highest BCUT2D eigenvalue weighted by molar-refractivity contribution is 5.94. The lowest BCUT2D eigenvalue weighted by molar-refractivity contribution is -0.143. The number of carbonyl (C=O) groups is 5. The third-order valence-corrected chi connectivity index (χ3v) is 4.18. The highest BCUT2D eigenvalue weighted by atomic mass is 16.4. The monoisotopic (exact) mass is 432 g/mol. The molecule has 0 aliphatic heterocycles. The first-order valence-electron chi connectivity index (χ1n) is 9.55. The molecule has 5 atom stereocenters. The maximum absolute atomic E-state index is 12.6. The minimum absolute atomic E-state index is 0.000340. The van der Waals surface area contributed by atoms with Gasteiger partial charge in [-0.1, -0.05) is 13.8 Å². The van der Waals surface area contributed by atoms with Gasteiger partial charge >= 0.3 is 11.9 Å². The van der Waals surface area contributed by atoms with E-state index in [0.29, 0.717) is 0 Å². The van der Waals surface area contributed by atoms with Crippen molar-refractivity contribution >= 4 is 29.7 Å². The molecule has 0 aromatic carbocycles. The summed E-state index contributed by atoms with van der Waals surface area (Å²) in [5.41, 5.74) is 5.57. The summed E-state index contributed by atoms with van der Waals surface area (Å²) in [6.45, 7) is 6.28. The van der Waals surface area contributed by atoms with Gasteiger partial charge in [0.1, 0.15) is 24.2 Å². The van der Waals surface area contributed by atoms with E-state index in [1.165, 1.54) is 13.8 Å². The Morgan fingerprint density at radius 1 is 0.833 bits per heavy atom. The van der Waals surface area contributed by atoms with Crippen molar-refractivity contribution in [2.75, 3.05) is 0 Å². The van der Waals surface area contributed by atoms with E-state index in [-0.39, 0.29) is 18.8 Å². The minimum Gasteiger partial charge on any atom is -0.481 e. The summed E-state index contributed by atoms with van der Waals surface area (Å²) in [5.74, 6) is -4.85. The molecule has 0 saturated carbocycles. The number of aliphatic hydroxyl groups is 1. The van der Waals surface area contributed by atoms with E-state index in [1.807, 2.05) is 13.8 Å². The van der Waals surface area contributed by atoms with Gasteiger partial charge in [-0.05, 0) is 32.6 Å². The van der Waals surface area contributed by atoms with Gasteiger partial charge in [0.2, 0.25) is 17.7 Å². The summed E-state index contributed by atoms with van der Waals surface area (Å²) in [6, 6.07) is -4.84. The third kappa shape index (κ3) is 10.2. The number of nitrogens with one attached hydrogen (secondary N) is 3. The zero-order valence-corrected chi connectivity index (χ0v) is 17.5. The predicted octanol–water partition coefficient (Wildman–Crippen LogP) is -1.84. The van der Waals surface area contributed by atoms with Crippen molar-refractivity contribution < 1.29 is 39.3 Å². The maximum Gasteiger partial charge on any atom is 0.326 e. The lowest BCUT2D eigenvalue weighted by atomic mass is 10.0. The number of hydrogen-bond donors (Lipinski definition) is 7. The van der Waals surface area contributed by atoms with Crippen LogP contribution < -0.4 is 21.7 Å². The number of aliphatic carboxylic acids is 2. The highest BCUT2D eigenvalue weighted by Gasteiger charge is 2.29. The van der Waals surface area contributed by atoms with Crippen LogP contribution in [0.1, 0.15) is 47.0 Å². The van der Waals surface area contributed by atoms with Crippen LogP contribution in [0.5, 0.6) is 0 Å². The van der Waals surface area contributed by atoms with Crippen LogP contribution in [-0.2, 0) is 24.0 Å². The maximum atomic E-state index is 12.6. The zero-order chi connectivity index (χ0) is 23.6. The van der Waals surface area contributed by atoms with E-state index in [1.54, 1.807) is 0 Å². The molecular formula is C18H32N4O8. The molecule has 12 heteroatoms. The Morgan fingerprint density at radius 2 is 1.37 bits per heavy atom. The van der Waals surface area contributed by atoms with Gasteiger partial charge in [-0.25, -0.2) is 4.79 Å². The normalized spacial score (nSPS) is 16.0. The molecule has 8 N–H and O–H groups in total. The van der Waals surface area contributed by atoms with Gasteiger partial charge in [0.25, 0.3) is 0 Å². The molecule has 12 nitrogen and oxygen atoms in total. The van der Waals surface area contributed by atoms with E-state index in [2.05, 4.69) is 16.0 Å². The van der Waals surface area contributed by atoms with E-state index >= 15 is 0 Å². The predicted molar refractivity (Wildman–Crippen MR) is 105 cm³/mol. The first kappa shape index (κ1) is 27.3. The van der Waals surface area contributed by atoms with Crippen LogP contribution in [0.2, 0.25) is 0 Å². The van der Waals surface area contributed by atoms with Crippen LogP contribution in [-0.4, -0.2) is 75.3 Å². The fourth-order valence-electron chi connectivity index (χ4n) is 2.39. The van der Waals surface area contributed by atoms with E-state index in [4.69, 9.17) is 15.9 Å². The fraction of sp³-hybridized carbons (Fsp3) is 0.722. The number of amides is 3. The van der Waals surface area contributed by atoms with Crippen molar-refractivity contribution in [3.63, 3.8) is 0 Å². The van der Waals surface area contributed by atoms with Gasteiger partial charge < -0.3 is 37.0 Å². The summed E-state index contributed by atoms with van der Waals surface area (Å²) in [4.78, 5) is 58.7. The van der Waals surface area contributed by atoms with Gasteiger partial charge in [-0.3, -0.25) is 19.2 Å². The minimum atomic E-state index is -1.43. The number of rotatable bonds is 13. The molecule has 0 rings (SSSR count). The molecule has 0 aromatic rings. The fourth-order valence-corrected chi connectivity index (χ4v) is 2.39. The molecule has 0 bridgehead atoms. The molecule has 30 heavy (non-hydrogen) atoms. The first-order chi connectivity index (χ1) is 13.8. The van der Waals surface area contributed by atoms with Crippen LogP contribution in [0.25, 0.3) is 0 Å². The number of hydrogen-bond acceptors (Lipinski definition) is 7. The Balaban J connectivity index is 5.06. The number of carboxylic acid groups (broad SMARTS) is 2. The van der Waals surface area contributed by atoms with Gasteiger partial charge in [-0.2, -0.15) is 0 Å². The summed E-state index contributed by atoms with van der Waals surface area (Å²) < 4.78 is 0. The number of aliphatic hydroxyl groups excluding tert-OH is 1. The van der Waals surface area contributed by atoms with Crippen molar-refractivity contribution in [3.8, 4) is 0 Å². The molecular weight excluding hydrogens is 400 g/mol. The second kappa shape index (κ2) is 12.8. The molecule has 0 fully saturated rings. The molecule has 0 heterocycles. The Bertz CT molecular complexity index is 638. The number of carboxylic acids is 2. The van der Waals surface area contributed by atoms with Crippen LogP contribution >= 0.6 is 0 Å². The molecule has 172 valence electrons. The van der Waals surface area contributed by atoms with Gasteiger partial charge in [0.15, 0.2) is 0 Å². The molecule has 0 unspecified atom stereocenters. The van der Waals surface area contributed by atoms with Crippen molar-refractivity contribution in [1.82, 2.24) is 16.0 Å². The van der Waals surface area contributed by atoms with E-state index in [0.717, 1.165) is 0 Å². The van der Waals surface area contributed by atoms with Crippen LogP contribution in [0, 0.1) is 5.92 Å². The lowest BCUT2D eigenvalue weighted by Gasteiger charge is -2.25. The lowest BCUT2D eigenvalue weighted by Crippen LogP contribution is -2.57. The van der Waals surface area contributed by atoms with Crippen molar-refractivity contribution in [2.45, 2.75) is 77.2 Å². The Kier molecular flexibility index (Phi) is 11.6.